The van der Waals surface area contributed by atoms with E-state index in [4.69, 9.17) is 4.84 Å². The van der Waals surface area contributed by atoms with Gasteiger partial charge >= 0.3 is 0 Å². The average molecular weight is 287 g/mol. The van der Waals surface area contributed by atoms with E-state index in [2.05, 4.69) is 29.9 Å². The zero-order chi connectivity index (χ0) is 15.2. The molecule has 3 aromatic rings. The van der Waals surface area contributed by atoms with E-state index in [9.17, 15) is 0 Å². The van der Waals surface area contributed by atoms with Crippen molar-refractivity contribution in [1.82, 2.24) is 0 Å². The first-order valence-corrected chi connectivity index (χ1v) is 7.23. The molecular formula is C20H17NO. The highest BCUT2D eigenvalue weighted by Crippen LogP contribution is 2.27. The smallest absolute Gasteiger partial charge is 0.171 e. The molecule has 0 spiro atoms. The van der Waals surface area contributed by atoms with Gasteiger partial charge in [0.1, 0.15) is 0 Å². The van der Waals surface area contributed by atoms with Crippen molar-refractivity contribution in [2.24, 2.45) is 5.16 Å². The van der Waals surface area contributed by atoms with Crippen LogP contribution in [0.4, 0.5) is 0 Å². The molecule has 0 unspecified atom stereocenters. The molecule has 3 rings (SSSR count). The van der Waals surface area contributed by atoms with E-state index >= 15 is 0 Å². The molecule has 0 fully saturated rings. The highest BCUT2D eigenvalue weighted by Gasteiger charge is 2.11. The first-order chi connectivity index (χ1) is 10.9. The van der Waals surface area contributed by atoms with Gasteiger partial charge in [0.05, 0.1) is 6.21 Å². The van der Waals surface area contributed by atoms with Crippen LogP contribution in [0.5, 0.6) is 0 Å². The Balaban J connectivity index is 1.84. The van der Waals surface area contributed by atoms with Crippen LogP contribution >= 0.6 is 0 Å². The molecule has 0 saturated carbocycles. The Morgan fingerprint density at radius 1 is 0.864 bits per heavy atom. The van der Waals surface area contributed by atoms with Crippen LogP contribution < -0.4 is 0 Å². The third-order valence-electron chi connectivity index (χ3n) is 3.52. The molecule has 2 nitrogen and oxygen atoms in total. The quantitative estimate of drug-likeness (QED) is 0.362. The Kier molecular flexibility index (Phi) is 4.30. The van der Waals surface area contributed by atoms with Gasteiger partial charge in [0, 0.05) is 5.56 Å². The first kappa shape index (κ1) is 14.1. The van der Waals surface area contributed by atoms with Crippen molar-refractivity contribution in [1.29, 1.82) is 0 Å². The number of nitrogens with zero attached hydrogens (tertiary/aromatic N) is 1. The molecule has 0 aliphatic carbocycles. The van der Waals surface area contributed by atoms with Crippen molar-refractivity contribution in [2.45, 2.75) is 6.10 Å². The molecule has 108 valence electrons. The van der Waals surface area contributed by atoms with Crippen LogP contribution in [-0.4, -0.2) is 6.21 Å². The summed E-state index contributed by atoms with van der Waals surface area (Å²) in [5.74, 6) is 0. The van der Waals surface area contributed by atoms with E-state index < -0.39 is 0 Å². The molecule has 0 aliphatic heterocycles. The fourth-order valence-electron chi connectivity index (χ4n) is 2.42. The molecule has 0 bridgehead atoms. The average Bonchev–Trinajstić information content (AvgIpc) is 2.59. The van der Waals surface area contributed by atoms with E-state index in [0.29, 0.717) is 0 Å². The third kappa shape index (κ3) is 3.07. The van der Waals surface area contributed by atoms with Gasteiger partial charge in [-0.3, -0.25) is 0 Å². The number of rotatable bonds is 5. The maximum atomic E-state index is 5.64. The predicted octanol–water partition coefficient (Wildman–Crippen LogP) is 5.12. The van der Waals surface area contributed by atoms with Gasteiger partial charge in [0.2, 0.25) is 0 Å². The maximum absolute atomic E-state index is 5.64. The first-order valence-electron chi connectivity index (χ1n) is 7.23. The minimum atomic E-state index is -0.272. The van der Waals surface area contributed by atoms with E-state index in [1.54, 1.807) is 12.3 Å². The summed E-state index contributed by atoms with van der Waals surface area (Å²) >= 11 is 0. The van der Waals surface area contributed by atoms with Crippen molar-refractivity contribution in [3.63, 3.8) is 0 Å². The summed E-state index contributed by atoms with van der Waals surface area (Å²) in [6.07, 6.45) is 3.21. The van der Waals surface area contributed by atoms with Gasteiger partial charge < -0.3 is 4.84 Å². The van der Waals surface area contributed by atoms with E-state index in [-0.39, 0.29) is 6.10 Å². The molecular weight excluding hydrogens is 270 g/mol. The van der Waals surface area contributed by atoms with Gasteiger partial charge in [-0.25, -0.2) is 0 Å². The summed E-state index contributed by atoms with van der Waals surface area (Å²) in [5.41, 5.74) is 2.07. The monoisotopic (exact) mass is 287 g/mol. The van der Waals surface area contributed by atoms with Gasteiger partial charge in [0.15, 0.2) is 6.10 Å². The molecule has 0 aromatic heterocycles. The number of hydrogen-bond acceptors (Lipinski definition) is 2. The van der Waals surface area contributed by atoms with Crippen molar-refractivity contribution in [2.75, 3.05) is 0 Å². The molecule has 0 radical (unpaired) electrons. The predicted molar refractivity (Wildman–Crippen MR) is 92.0 cm³/mol. The summed E-state index contributed by atoms with van der Waals surface area (Å²) in [6, 6.07) is 24.3. The molecule has 2 heteroatoms. The fourth-order valence-corrected chi connectivity index (χ4v) is 2.42. The van der Waals surface area contributed by atoms with Gasteiger partial charge in [-0.2, -0.15) is 0 Å². The van der Waals surface area contributed by atoms with Gasteiger partial charge in [-0.15, -0.1) is 0 Å². The summed E-state index contributed by atoms with van der Waals surface area (Å²) in [7, 11) is 0. The Bertz CT molecular complexity index is 788. The Morgan fingerprint density at radius 2 is 1.59 bits per heavy atom. The Hall–Kier alpha value is -2.87. The molecule has 0 N–H and O–H groups in total. The standard InChI is InChI=1S/C20H17NO/c1-2-20(22-21-15-16-9-4-3-5-10-16)19-14-8-12-17-11-6-7-13-18(17)19/h2-15,20H,1H2/b21-15+/t20-/m0/s1. The lowest BCUT2D eigenvalue weighted by Crippen LogP contribution is -1.98. The molecule has 0 heterocycles. The zero-order valence-corrected chi connectivity index (χ0v) is 12.2. The highest BCUT2D eigenvalue weighted by molar-refractivity contribution is 5.86. The molecule has 0 aliphatic rings. The van der Waals surface area contributed by atoms with Crippen LogP contribution in [0.25, 0.3) is 10.8 Å². The van der Waals surface area contributed by atoms with E-state index in [1.165, 1.54) is 5.39 Å². The van der Waals surface area contributed by atoms with Crippen LogP contribution in [0.15, 0.2) is 90.6 Å². The highest BCUT2D eigenvalue weighted by atomic mass is 16.6. The van der Waals surface area contributed by atoms with Gasteiger partial charge in [-0.1, -0.05) is 84.5 Å². The van der Waals surface area contributed by atoms with Gasteiger partial charge in [-0.05, 0) is 22.4 Å². The normalized spacial score (nSPS) is 12.4. The van der Waals surface area contributed by atoms with Crippen molar-refractivity contribution in [3.8, 4) is 0 Å². The van der Waals surface area contributed by atoms with Crippen LogP contribution in [-0.2, 0) is 4.84 Å². The minimum Gasteiger partial charge on any atom is -0.383 e. The lowest BCUT2D eigenvalue weighted by Gasteiger charge is -2.13. The number of benzene rings is 3. The molecule has 0 amide bonds. The van der Waals surface area contributed by atoms with Crippen LogP contribution in [0.2, 0.25) is 0 Å². The fraction of sp³-hybridized carbons (Fsp3) is 0.0500. The molecule has 1 atom stereocenters. The lowest BCUT2D eigenvalue weighted by atomic mass is 10.0. The SMILES string of the molecule is C=C[C@H](O/N=C/c1ccccc1)c1cccc2ccccc12. The zero-order valence-electron chi connectivity index (χ0n) is 12.2. The summed E-state index contributed by atoms with van der Waals surface area (Å²) in [4.78, 5) is 5.64. The lowest BCUT2D eigenvalue weighted by molar-refractivity contribution is 0.0955. The second-order valence-corrected chi connectivity index (χ2v) is 4.98. The molecule has 3 aromatic carbocycles. The van der Waals surface area contributed by atoms with E-state index in [0.717, 1.165) is 16.5 Å². The molecule has 0 saturated heterocycles. The Morgan fingerprint density at radius 3 is 2.41 bits per heavy atom. The maximum Gasteiger partial charge on any atom is 0.171 e. The summed E-state index contributed by atoms with van der Waals surface area (Å²) in [6.45, 7) is 3.87. The van der Waals surface area contributed by atoms with Gasteiger partial charge in [0.25, 0.3) is 0 Å². The summed E-state index contributed by atoms with van der Waals surface area (Å²) in [5, 5.41) is 6.44. The Labute approximate surface area is 130 Å². The van der Waals surface area contributed by atoms with Crippen LogP contribution in [0, 0.1) is 0 Å². The third-order valence-corrected chi connectivity index (χ3v) is 3.52. The van der Waals surface area contributed by atoms with Crippen LogP contribution in [0.1, 0.15) is 17.2 Å². The second kappa shape index (κ2) is 6.72. The largest absolute Gasteiger partial charge is 0.383 e. The second-order valence-electron chi connectivity index (χ2n) is 4.98. The van der Waals surface area contributed by atoms with Crippen molar-refractivity contribution < 1.29 is 4.84 Å². The molecule has 22 heavy (non-hydrogen) atoms. The number of fused-ring (bicyclic) bond motifs is 1. The summed E-state index contributed by atoms with van der Waals surface area (Å²) < 4.78 is 0. The van der Waals surface area contributed by atoms with Crippen molar-refractivity contribution >= 4 is 17.0 Å². The van der Waals surface area contributed by atoms with Crippen LogP contribution in [0.3, 0.4) is 0 Å². The minimum absolute atomic E-state index is 0.272. The topological polar surface area (TPSA) is 21.6 Å². The van der Waals surface area contributed by atoms with E-state index in [1.807, 2.05) is 54.6 Å². The number of oxime groups is 1. The van der Waals surface area contributed by atoms with Crippen molar-refractivity contribution in [3.05, 3.63) is 96.6 Å². The number of hydrogen-bond donors (Lipinski definition) is 0.